The zero-order valence-electron chi connectivity index (χ0n) is 8.87. The average molecular weight is 226 g/mol. The molecule has 2 nitrogen and oxygen atoms in total. The fourth-order valence-corrected chi connectivity index (χ4v) is 1.31. The summed E-state index contributed by atoms with van der Waals surface area (Å²) in [6, 6.07) is 4.67. The normalized spacial score (nSPS) is 12.2. The zero-order valence-corrected chi connectivity index (χ0v) is 8.87. The van der Waals surface area contributed by atoms with Gasteiger partial charge in [-0.05, 0) is 18.6 Å². The van der Waals surface area contributed by atoms with E-state index in [2.05, 4.69) is 0 Å². The molecule has 0 aliphatic carbocycles. The molecule has 0 saturated carbocycles. The number of rotatable bonds is 5. The highest BCUT2D eigenvalue weighted by atomic mass is 19.1. The minimum absolute atomic E-state index is 0.0161. The van der Waals surface area contributed by atoms with Crippen molar-refractivity contribution in [1.29, 1.82) is 0 Å². The SMILES string of the molecule is CCCC(=O)C(F)C(=O)c1cccc(F)c1. The van der Waals surface area contributed by atoms with E-state index in [-0.39, 0.29) is 12.0 Å². The van der Waals surface area contributed by atoms with Crippen LogP contribution in [0.3, 0.4) is 0 Å². The maximum absolute atomic E-state index is 13.4. The van der Waals surface area contributed by atoms with Crippen LogP contribution in [0.4, 0.5) is 8.78 Å². The van der Waals surface area contributed by atoms with Crippen LogP contribution >= 0.6 is 0 Å². The van der Waals surface area contributed by atoms with E-state index in [4.69, 9.17) is 0 Å². The minimum atomic E-state index is -2.18. The van der Waals surface area contributed by atoms with E-state index in [1.807, 2.05) is 0 Å². The highest BCUT2D eigenvalue weighted by Gasteiger charge is 2.26. The van der Waals surface area contributed by atoms with Gasteiger partial charge >= 0.3 is 0 Å². The van der Waals surface area contributed by atoms with Crippen molar-refractivity contribution in [1.82, 2.24) is 0 Å². The minimum Gasteiger partial charge on any atom is -0.296 e. The van der Waals surface area contributed by atoms with Gasteiger partial charge in [-0.1, -0.05) is 19.1 Å². The summed E-state index contributed by atoms with van der Waals surface area (Å²) in [6.07, 6.45) is -1.68. The van der Waals surface area contributed by atoms with Crippen LogP contribution in [-0.2, 0) is 4.79 Å². The number of Topliss-reactive ketones (excluding diaryl/α,β-unsaturated/α-hetero) is 2. The molecule has 0 amide bonds. The lowest BCUT2D eigenvalue weighted by Gasteiger charge is -2.05. The van der Waals surface area contributed by atoms with Crippen molar-refractivity contribution >= 4 is 11.6 Å². The number of benzene rings is 1. The molecule has 16 heavy (non-hydrogen) atoms. The zero-order chi connectivity index (χ0) is 12.1. The number of carbonyl (C=O) groups is 2. The summed E-state index contributed by atoms with van der Waals surface area (Å²) >= 11 is 0. The fraction of sp³-hybridized carbons (Fsp3) is 0.333. The second-order valence-corrected chi connectivity index (χ2v) is 3.45. The molecule has 0 N–H and O–H groups in total. The second-order valence-electron chi connectivity index (χ2n) is 3.45. The molecule has 1 rings (SSSR count). The molecular formula is C12H12F2O2. The first-order chi connectivity index (χ1) is 7.56. The van der Waals surface area contributed by atoms with Crippen LogP contribution in [0.1, 0.15) is 30.1 Å². The van der Waals surface area contributed by atoms with E-state index >= 15 is 0 Å². The van der Waals surface area contributed by atoms with Crippen molar-refractivity contribution in [3.63, 3.8) is 0 Å². The van der Waals surface area contributed by atoms with E-state index in [0.717, 1.165) is 12.1 Å². The lowest BCUT2D eigenvalue weighted by molar-refractivity contribution is -0.122. The predicted molar refractivity (Wildman–Crippen MR) is 55.5 cm³/mol. The second kappa shape index (κ2) is 5.49. The molecule has 0 saturated heterocycles. The van der Waals surface area contributed by atoms with Gasteiger partial charge in [-0.15, -0.1) is 0 Å². The monoisotopic (exact) mass is 226 g/mol. The topological polar surface area (TPSA) is 34.1 Å². The molecule has 0 aromatic heterocycles. The number of hydrogen-bond acceptors (Lipinski definition) is 2. The first-order valence-electron chi connectivity index (χ1n) is 5.02. The largest absolute Gasteiger partial charge is 0.296 e. The Kier molecular flexibility index (Phi) is 4.28. The van der Waals surface area contributed by atoms with Gasteiger partial charge in [0.05, 0.1) is 0 Å². The number of halogens is 2. The Morgan fingerprint density at radius 2 is 2.06 bits per heavy atom. The van der Waals surface area contributed by atoms with Crippen LogP contribution in [0.25, 0.3) is 0 Å². The maximum atomic E-state index is 13.4. The molecule has 0 fully saturated rings. The predicted octanol–water partition coefficient (Wildman–Crippen LogP) is 2.72. The Hall–Kier alpha value is -1.58. The molecular weight excluding hydrogens is 214 g/mol. The number of alkyl halides is 1. The molecule has 1 aromatic rings. The Morgan fingerprint density at radius 1 is 1.38 bits per heavy atom. The van der Waals surface area contributed by atoms with Gasteiger partial charge in [-0.25, -0.2) is 8.78 Å². The van der Waals surface area contributed by atoms with Gasteiger partial charge in [0.15, 0.2) is 5.78 Å². The van der Waals surface area contributed by atoms with E-state index < -0.39 is 23.6 Å². The molecule has 0 aliphatic rings. The molecule has 1 unspecified atom stereocenters. The van der Waals surface area contributed by atoms with Crippen LogP contribution in [0.2, 0.25) is 0 Å². The molecule has 86 valence electrons. The van der Waals surface area contributed by atoms with Crippen LogP contribution < -0.4 is 0 Å². The van der Waals surface area contributed by atoms with Crippen LogP contribution in [0.15, 0.2) is 24.3 Å². The lowest BCUT2D eigenvalue weighted by Crippen LogP contribution is -2.25. The molecule has 0 bridgehead atoms. The average Bonchev–Trinajstić information content (AvgIpc) is 2.27. The summed E-state index contributed by atoms with van der Waals surface area (Å²) in [5.41, 5.74) is -0.114. The fourth-order valence-electron chi connectivity index (χ4n) is 1.31. The van der Waals surface area contributed by atoms with Crippen molar-refractivity contribution in [3.05, 3.63) is 35.6 Å². The van der Waals surface area contributed by atoms with E-state index in [9.17, 15) is 18.4 Å². The molecule has 0 radical (unpaired) electrons. The smallest absolute Gasteiger partial charge is 0.220 e. The standard InChI is InChI=1S/C12H12F2O2/c1-2-4-10(15)11(14)12(16)8-5-3-6-9(13)7-8/h3,5-7,11H,2,4H2,1H3. The van der Waals surface area contributed by atoms with Gasteiger partial charge < -0.3 is 0 Å². The third kappa shape index (κ3) is 2.95. The Labute approximate surface area is 92.3 Å². The summed E-state index contributed by atoms with van der Waals surface area (Å²) in [5, 5.41) is 0. The van der Waals surface area contributed by atoms with Crippen molar-refractivity contribution in [2.24, 2.45) is 0 Å². The molecule has 4 heteroatoms. The van der Waals surface area contributed by atoms with Gasteiger partial charge in [0.2, 0.25) is 12.0 Å². The Morgan fingerprint density at radius 3 is 2.62 bits per heavy atom. The summed E-state index contributed by atoms with van der Waals surface area (Å²) in [4.78, 5) is 22.6. The number of carbonyl (C=O) groups excluding carboxylic acids is 2. The Bertz CT molecular complexity index is 402. The van der Waals surface area contributed by atoms with Gasteiger partial charge in [0.1, 0.15) is 5.82 Å². The number of ketones is 2. The highest BCUT2D eigenvalue weighted by molar-refractivity contribution is 6.13. The van der Waals surface area contributed by atoms with Crippen LogP contribution in [0.5, 0.6) is 0 Å². The third-order valence-corrected chi connectivity index (χ3v) is 2.12. The van der Waals surface area contributed by atoms with E-state index in [1.54, 1.807) is 6.92 Å². The molecule has 1 aromatic carbocycles. The summed E-state index contributed by atoms with van der Waals surface area (Å²) in [7, 11) is 0. The molecule has 0 heterocycles. The molecule has 1 atom stereocenters. The summed E-state index contributed by atoms with van der Waals surface area (Å²) in [5.74, 6) is -2.35. The maximum Gasteiger partial charge on any atom is 0.220 e. The van der Waals surface area contributed by atoms with Crippen molar-refractivity contribution in [2.45, 2.75) is 25.9 Å². The first-order valence-corrected chi connectivity index (χ1v) is 5.02. The molecule has 0 spiro atoms. The first kappa shape index (κ1) is 12.5. The van der Waals surface area contributed by atoms with E-state index in [0.29, 0.717) is 6.42 Å². The van der Waals surface area contributed by atoms with E-state index in [1.165, 1.54) is 12.1 Å². The van der Waals surface area contributed by atoms with Crippen molar-refractivity contribution < 1.29 is 18.4 Å². The van der Waals surface area contributed by atoms with Crippen LogP contribution in [0, 0.1) is 5.82 Å². The molecule has 0 aliphatic heterocycles. The van der Waals surface area contributed by atoms with Crippen molar-refractivity contribution in [2.75, 3.05) is 0 Å². The quantitative estimate of drug-likeness (QED) is 0.571. The summed E-state index contributed by atoms with van der Waals surface area (Å²) in [6.45, 7) is 1.72. The Balaban J connectivity index is 2.82. The van der Waals surface area contributed by atoms with Crippen LogP contribution in [-0.4, -0.2) is 17.7 Å². The third-order valence-electron chi connectivity index (χ3n) is 2.12. The van der Waals surface area contributed by atoms with Gasteiger partial charge in [0.25, 0.3) is 0 Å². The van der Waals surface area contributed by atoms with Gasteiger partial charge in [0, 0.05) is 12.0 Å². The lowest BCUT2D eigenvalue weighted by atomic mass is 10.0. The van der Waals surface area contributed by atoms with Gasteiger partial charge in [-0.3, -0.25) is 9.59 Å². The van der Waals surface area contributed by atoms with Gasteiger partial charge in [-0.2, -0.15) is 0 Å². The highest BCUT2D eigenvalue weighted by Crippen LogP contribution is 2.11. The van der Waals surface area contributed by atoms with Crippen molar-refractivity contribution in [3.8, 4) is 0 Å². The number of hydrogen-bond donors (Lipinski definition) is 0. The summed E-state index contributed by atoms with van der Waals surface area (Å²) < 4.78 is 26.2.